The van der Waals surface area contributed by atoms with Crippen LogP contribution >= 0.6 is 0 Å². The number of guanidine groups is 1. The summed E-state index contributed by atoms with van der Waals surface area (Å²) in [6.45, 7) is 7.77. The van der Waals surface area contributed by atoms with Crippen LogP contribution in [0.25, 0.3) is 0 Å². The molecule has 1 aromatic heterocycles. The summed E-state index contributed by atoms with van der Waals surface area (Å²) in [5.41, 5.74) is 2.84. The van der Waals surface area contributed by atoms with Crippen LogP contribution in [-0.4, -0.2) is 67.8 Å². The second kappa shape index (κ2) is 10.0. The van der Waals surface area contributed by atoms with Gasteiger partial charge in [0.2, 0.25) is 0 Å². The third kappa shape index (κ3) is 5.42. The lowest BCUT2D eigenvalue weighted by molar-refractivity contribution is -0.0352. The van der Waals surface area contributed by atoms with E-state index in [4.69, 9.17) is 4.74 Å². The molecule has 2 heterocycles. The number of pyridine rings is 1. The summed E-state index contributed by atoms with van der Waals surface area (Å²) in [5.74, 6) is 0.903. The van der Waals surface area contributed by atoms with Crippen LogP contribution in [0.1, 0.15) is 43.2 Å². The Morgan fingerprint density at radius 3 is 2.70 bits per heavy atom. The third-order valence-electron chi connectivity index (χ3n) is 6.10. The molecule has 1 saturated carbocycles. The zero-order chi connectivity index (χ0) is 19.0. The number of morpholine rings is 1. The molecular formula is C21H35N5O. The summed E-state index contributed by atoms with van der Waals surface area (Å²) in [5, 5.41) is 7.10. The second-order valence-electron chi connectivity index (χ2n) is 7.79. The minimum atomic E-state index is 0.251. The number of hydrogen-bond donors (Lipinski definition) is 2. The third-order valence-corrected chi connectivity index (χ3v) is 6.10. The first-order valence-electron chi connectivity index (χ1n) is 10.4. The maximum absolute atomic E-state index is 5.58. The smallest absolute Gasteiger partial charge is 0.191 e. The van der Waals surface area contributed by atoms with Gasteiger partial charge in [-0.25, -0.2) is 0 Å². The molecule has 2 fully saturated rings. The molecule has 6 nitrogen and oxygen atoms in total. The number of nitrogens with zero attached hydrogens (tertiary/aromatic N) is 3. The van der Waals surface area contributed by atoms with Gasteiger partial charge in [-0.3, -0.25) is 14.9 Å². The van der Waals surface area contributed by atoms with Crippen molar-refractivity contribution in [3.05, 3.63) is 29.6 Å². The second-order valence-corrected chi connectivity index (χ2v) is 7.79. The van der Waals surface area contributed by atoms with E-state index in [2.05, 4.69) is 38.5 Å². The van der Waals surface area contributed by atoms with Crippen LogP contribution in [0.15, 0.2) is 23.5 Å². The molecule has 150 valence electrons. The molecular weight excluding hydrogens is 338 g/mol. The van der Waals surface area contributed by atoms with Gasteiger partial charge in [-0.2, -0.15) is 0 Å². The van der Waals surface area contributed by atoms with Crippen molar-refractivity contribution in [3.8, 4) is 0 Å². The van der Waals surface area contributed by atoms with Crippen LogP contribution in [0.3, 0.4) is 0 Å². The molecule has 0 spiro atoms. The topological polar surface area (TPSA) is 61.8 Å². The van der Waals surface area contributed by atoms with Gasteiger partial charge in [0, 0.05) is 51.2 Å². The molecule has 1 aliphatic carbocycles. The fourth-order valence-electron chi connectivity index (χ4n) is 4.42. The minimum Gasteiger partial charge on any atom is -0.379 e. The lowest BCUT2D eigenvalue weighted by Crippen LogP contribution is -2.60. The zero-order valence-corrected chi connectivity index (χ0v) is 17.0. The number of rotatable bonds is 6. The highest BCUT2D eigenvalue weighted by molar-refractivity contribution is 5.79. The van der Waals surface area contributed by atoms with Gasteiger partial charge in [0.25, 0.3) is 0 Å². The highest BCUT2D eigenvalue weighted by Crippen LogP contribution is 2.33. The van der Waals surface area contributed by atoms with Crippen molar-refractivity contribution in [1.82, 2.24) is 20.5 Å². The van der Waals surface area contributed by atoms with Crippen molar-refractivity contribution in [2.75, 3.05) is 46.4 Å². The van der Waals surface area contributed by atoms with E-state index in [9.17, 15) is 0 Å². The predicted octanol–water partition coefficient (Wildman–Crippen LogP) is 2.13. The summed E-state index contributed by atoms with van der Waals surface area (Å²) >= 11 is 0. The molecule has 2 N–H and O–H groups in total. The van der Waals surface area contributed by atoms with Gasteiger partial charge in [0.1, 0.15) is 0 Å². The van der Waals surface area contributed by atoms with E-state index in [0.29, 0.717) is 0 Å². The molecule has 2 aliphatic rings. The van der Waals surface area contributed by atoms with Gasteiger partial charge in [0.05, 0.1) is 13.2 Å². The van der Waals surface area contributed by atoms with Gasteiger partial charge in [-0.1, -0.05) is 19.3 Å². The van der Waals surface area contributed by atoms with Crippen molar-refractivity contribution in [2.24, 2.45) is 4.99 Å². The molecule has 3 rings (SSSR count). The first-order chi connectivity index (χ1) is 13.2. The van der Waals surface area contributed by atoms with Crippen LogP contribution in [0, 0.1) is 6.92 Å². The summed E-state index contributed by atoms with van der Waals surface area (Å²) in [4.78, 5) is 11.3. The SMILES string of the molecule is CN=C(NCCc1ccncc1C)NCC1(N2CCOCC2)CCCCC1. The van der Waals surface area contributed by atoms with Crippen LogP contribution in [0.4, 0.5) is 0 Å². The number of aliphatic imine (C=N–C) groups is 1. The highest BCUT2D eigenvalue weighted by Gasteiger charge is 2.38. The lowest BCUT2D eigenvalue weighted by Gasteiger charge is -2.48. The monoisotopic (exact) mass is 373 g/mol. The van der Waals surface area contributed by atoms with E-state index in [0.717, 1.165) is 51.8 Å². The Balaban J connectivity index is 1.52. The molecule has 0 atom stereocenters. The van der Waals surface area contributed by atoms with Crippen molar-refractivity contribution in [3.63, 3.8) is 0 Å². The Hall–Kier alpha value is -1.66. The molecule has 0 unspecified atom stereocenters. The minimum absolute atomic E-state index is 0.251. The standard InChI is InChI=1S/C21H35N5O/c1-18-16-23-10-6-19(18)7-11-24-20(22-2)25-17-21(8-4-3-5-9-21)26-12-14-27-15-13-26/h6,10,16H,3-5,7-9,11-15,17H2,1-2H3,(H2,22,24,25). The first-order valence-corrected chi connectivity index (χ1v) is 10.4. The Morgan fingerprint density at radius 1 is 1.22 bits per heavy atom. The molecule has 0 aromatic carbocycles. The quantitative estimate of drug-likeness (QED) is 0.591. The number of hydrogen-bond acceptors (Lipinski definition) is 4. The van der Waals surface area contributed by atoms with E-state index in [1.807, 2.05) is 19.4 Å². The van der Waals surface area contributed by atoms with E-state index >= 15 is 0 Å². The molecule has 1 aliphatic heterocycles. The molecule has 0 bridgehead atoms. The summed E-state index contributed by atoms with van der Waals surface area (Å²) in [7, 11) is 1.86. The first kappa shape index (κ1) is 20.1. The van der Waals surface area contributed by atoms with Gasteiger partial charge >= 0.3 is 0 Å². The Kier molecular flexibility index (Phi) is 7.47. The summed E-state index contributed by atoms with van der Waals surface area (Å²) in [6.07, 6.45) is 11.3. The Labute approximate surface area is 163 Å². The van der Waals surface area contributed by atoms with Gasteiger partial charge in [-0.15, -0.1) is 0 Å². The maximum Gasteiger partial charge on any atom is 0.191 e. The van der Waals surface area contributed by atoms with Crippen LogP contribution < -0.4 is 10.6 Å². The van der Waals surface area contributed by atoms with Crippen LogP contribution in [0.5, 0.6) is 0 Å². The Morgan fingerprint density at radius 2 is 2.00 bits per heavy atom. The van der Waals surface area contributed by atoms with Crippen molar-refractivity contribution in [1.29, 1.82) is 0 Å². The van der Waals surface area contributed by atoms with Crippen molar-refractivity contribution < 1.29 is 4.74 Å². The average molecular weight is 374 g/mol. The van der Waals surface area contributed by atoms with Gasteiger partial charge < -0.3 is 15.4 Å². The van der Waals surface area contributed by atoms with Gasteiger partial charge in [0.15, 0.2) is 5.96 Å². The van der Waals surface area contributed by atoms with E-state index in [1.165, 1.54) is 43.2 Å². The lowest BCUT2D eigenvalue weighted by atomic mass is 9.80. The maximum atomic E-state index is 5.58. The van der Waals surface area contributed by atoms with Gasteiger partial charge in [-0.05, 0) is 43.4 Å². The fourth-order valence-corrected chi connectivity index (χ4v) is 4.42. The number of nitrogens with one attached hydrogen (secondary N) is 2. The summed E-state index contributed by atoms with van der Waals surface area (Å²) in [6, 6.07) is 2.10. The normalized spacial score (nSPS) is 21.0. The highest BCUT2D eigenvalue weighted by atomic mass is 16.5. The number of ether oxygens (including phenoxy) is 1. The van der Waals surface area contributed by atoms with Crippen LogP contribution in [-0.2, 0) is 11.2 Å². The zero-order valence-electron chi connectivity index (χ0n) is 17.0. The molecule has 6 heteroatoms. The fraction of sp³-hybridized carbons (Fsp3) is 0.714. The van der Waals surface area contributed by atoms with E-state index in [1.54, 1.807) is 0 Å². The molecule has 27 heavy (non-hydrogen) atoms. The number of aryl methyl sites for hydroxylation is 1. The largest absolute Gasteiger partial charge is 0.379 e. The van der Waals surface area contributed by atoms with E-state index < -0.39 is 0 Å². The summed E-state index contributed by atoms with van der Waals surface area (Å²) < 4.78 is 5.58. The molecule has 0 radical (unpaired) electrons. The van der Waals surface area contributed by atoms with E-state index in [-0.39, 0.29) is 5.54 Å². The Bertz CT molecular complexity index is 606. The number of aromatic nitrogens is 1. The van der Waals surface area contributed by atoms with Crippen molar-refractivity contribution >= 4 is 5.96 Å². The average Bonchev–Trinajstić information content (AvgIpc) is 2.73. The van der Waals surface area contributed by atoms with Crippen LogP contribution in [0.2, 0.25) is 0 Å². The predicted molar refractivity (Wildman–Crippen MR) is 110 cm³/mol. The van der Waals surface area contributed by atoms with Crippen molar-refractivity contribution in [2.45, 2.75) is 51.0 Å². The molecule has 0 amide bonds. The molecule has 1 aromatic rings. The molecule has 1 saturated heterocycles.